The lowest BCUT2D eigenvalue weighted by Crippen LogP contribution is -2.44. The SMILES string of the molecule is Cn1c2c(c(-c3cccc(O)c3)c1-c1ccnc(N)n1)C(=O)N(C(=O)OC(C)(C)C)CC2. The van der Waals surface area contributed by atoms with Crippen LogP contribution in [0.15, 0.2) is 36.5 Å². The largest absolute Gasteiger partial charge is 0.508 e. The summed E-state index contributed by atoms with van der Waals surface area (Å²) in [5.74, 6) is -0.298. The molecule has 0 saturated carbocycles. The van der Waals surface area contributed by atoms with Gasteiger partial charge in [-0.05, 0) is 44.5 Å². The molecule has 9 heteroatoms. The number of amides is 2. The van der Waals surface area contributed by atoms with E-state index >= 15 is 0 Å². The predicted octanol–water partition coefficient (Wildman–Crippen LogP) is 3.37. The zero-order valence-corrected chi connectivity index (χ0v) is 18.4. The number of nitrogens with two attached hydrogens (primary N) is 1. The highest BCUT2D eigenvalue weighted by atomic mass is 16.6. The van der Waals surface area contributed by atoms with E-state index in [2.05, 4.69) is 9.97 Å². The zero-order chi connectivity index (χ0) is 23.2. The minimum absolute atomic E-state index is 0.0560. The molecule has 3 aromatic rings. The van der Waals surface area contributed by atoms with E-state index in [0.29, 0.717) is 34.5 Å². The fourth-order valence-corrected chi connectivity index (χ4v) is 3.95. The third-order valence-electron chi connectivity index (χ3n) is 5.21. The Morgan fingerprint density at radius 3 is 2.62 bits per heavy atom. The molecule has 0 saturated heterocycles. The molecule has 1 aromatic carbocycles. The Labute approximate surface area is 185 Å². The van der Waals surface area contributed by atoms with Gasteiger partial charge in [-0.15, -0.1) is 0 Å². The molecule has 166 valence electrons. The van der Waals surface area contributed by atoms with E-state index in [-0.39, 0.29) is 18.2 Å². The number of rotatable bonds is 2. The summed E-state index contributed by atoms with van der Waals surface area (Å²) in [5.41, 5.74) is 8.59. The monoisotopic (exact) mass is 435 g/mol. The highest BCUT2D eigenvalue weighted by Gasteiger charge is 2.38. The van der Waals surface area contributed by atoms with Gasteiger partial charge in [-0.2, -0.15) is 0 Å². The third-order valence-corrected chi connectivity index (χ3v) is 5.21. The Kier molecular flexibility index (Phi) is 5.12. The van der Waals surface area contributed by atoms with Gasteiger partial charge >= 0.3 is 6.09 Å². The first-order chi connectivity index (χ1) is 15.1. The van der Waals surface area contributed by atoms with Crippen molar-refractivity contribution in [3.63, 3.8) is 0 Å². The van der Waals surface area contributed by atoms with Gasteiger partial charge in [0, 0.05) is 37.5 Å². The molecule has 0 bridgehead atoms. The van der Waals surface area contributed by atoms with Crippen LogP contribution in [-0.2, 0) is 18.2 Å². The molecule has 3 heterocycles. The maximum Gasteiger partial charge on any atom is 0.417 e. The van der Waals surface area contributed by atoms with E-state index in [1.54, 1.807) is 57.3 Å². The number of aromatic hydroxyl groups is 1. The number of carbonyl (C=O) groups is 2. The number of fused-ring (bicyclic) bond motifs is 1. The lowest BCUT2D eigenvalue weighted by molar-refractivity contribution is 0.0233. The number of hydrogen-bond donors (Lipinski definition) is 2. The van der Waals surface area contributed by atoms with Gasteiger partial charge in [-0.3, -0.25) is 4.79 Å². The van der Waals surface area contributed by atoms with Crippen molar-refractivity contribution in [3.8, 4) is 28.3 Å². The van der Waals surface area contributed by atoms with Crippen molar-refractivity contribution in [3.05, 3.63) is 47.8 Å². The fourth-order valence-electron chi connectivity index (χ4n) is 3.95. The first kappa shape index (κ1) is 21.4. The van der Waals surface area contributed by atoms with E-state index < -0.39 is 17.6 Å². The normalized spacial score (nSPS) is 13.8. The molecule has 0 unspecified atom stereocenters. The van der Waals surface area contributed by atoms with Crippen molar-refractivity contribution >= 4 is 17.9 Å². The number of imide groups is 1. The third kappa shape index (κ3) is 3.77. The van der Waals surface area contributed by atoms with Gasteiger partial charge in [0.25, 0.3) is 5.91 Å². The number of ether oxygens (including phenoxy) is 1. The van der Waals surface area contributed by atoms with Crippen LogP contribution in [0.2, 0.25) is 0 Å². The topological polar surface area (TPSA) is 124 Å². The Hall–Kier alpha value is -3.88. The Morgan fingerprint density at radius 1 is 1.22 bits per heavy atom. The van der Waals surface area contributed by atoms with E-state index in [9.17, 15) is 14.7 Å². The van der Waals surface area contributed by atoms with Gasteiger partial charge in [-0.25, -0.2) is 19.7 Å². The van der Waals surface area contributed by atoms with E-state index in [1.165, 1.54) is 0 Å². The molecular weight excluding hydrogens is 410 g/mol. The smallest absolute Gasteiger partial charge is 0.417 e. The Morgan fingerprint density at radius 2 is 1.97 bits per heavy atom. The quantitative estimate of drug-likeness (QED) is 0.632. The number of aromatic nitrogens is 3. The molecule has 1 aliphatic rings. The molecule has 3 N–H and O–H groups in total. The van der Waals surface area contributed by atoms with Gasteiger partial charge in [0.1, 0.15) is 11.4 Å². The van der Waals surface area contributed by atoms with Gasteiger partial charge in [0.05, 0.1) is 17.0 Å². The summed E-state index contributed by atoms with van der Waals surface area (Å²) >= 11 is 0. The fraction of sp³-hybridized carbons (Fsp3) is 0.304. The summed E-state index contributed by atoms with van der Waals surface area (Å²) in [4.78, 5) is 35.8. The highest BCUT2D eigenvalue weighted by molar-refractivity contribution is 6.11. The van der Waals surface area contributed by atoms with Crippen molar-refractivity contribution in [2.45, 2.75) is 32.8 Å². The van der Waals surface area contributed by atoms with Crippen LogP contribution in [0.4, 0.5) is 10.7 Å². The van der Waals surface area contributed by atoms with Crippen LogP contribution in [0.5, 0.6) is 5.75 Å². The Balaban J connectivity index is 1.94. The summed E-state index contributed by atoms with van der Waals surface area (Å²) in [6.07, 6.45) is 1.31. The number of anilines is 1. The minimum atomic E-state index is -0.730. The van der Waals surface area contributed by atoms with Crippen molar-refractivity contribution in [2.24, 2.45) is 7.05 Å². The second-order valence-corrected chi connectivity index (χ2v) is 8.64. The number of hydrogen-bond acceptors (Lipinski definition) is 7. The molecule has 0 aliphatic carbocycles. The van der Waals surface area contributed by atoms with E-state index in [1.807, 2.05) is 11.6 Å². The number of benzene rings is 1. The van der Waals surface area contributed by atoms with Crippen molar-refractivity contribution in [2.75, 3.05) is 12.3 Å². The van der Waals surface area contributed by atoms with Crippen LogP contribution < -0.4 is 5.73 Å². The summed E-state index contributed by atoms with van der Waals surface area (Å²) in [6, 6.07) is 8.32. The van der Waals surface area contributed by atoms with Gasteiger partial charge in [0.2, 0.25) is 5.95 Å². The molecule has 0 spiro atoms. The number of nitrogens with zero attached hydrogens (tertiary/aromatic N) is 4. The van der Waals surface area contributed by atoms with Crippen LogP contribution in [0.1, 0.15) is 36.8 Å². The van der Waals surface area contributed by atoms with E-state index in [4.69, 9.17) is 10.5 Å². The summed E-state index contributed by atoms with van der Waals surface area (Å²) in [5, 5.41) is 10.1. The molecule has 2 aromatic heterocycles. The van der Waals surface area contributed by atoms with Crippen LogP contribution in [-0.4, -0.2) is 48.7 Å². The predicted molar refractivity (Wildman–Crippen MR) is 119 cm³/mol. The van der Waals surface area contributed by atoms with Crippen LogP contribution in [0.25, 0.3) is 22.5 Å². The molecule has 32 heavy (non-hydrogen) atoms. The first-order valence-electron chi connectivity index (χ1n) is 10.2. The summed E-state index contributed by atoms with van der Waals surface area (Å²) in [6.45, 7) is 5.46. The van der Waals surface area contributed by atoms with Crippen molar-refractivity contribution < 1.29 is 19.4 Å². The van der Waals surface area contributed by atoms with Gasteiger partial charge in [0.15, 0.2) is 0 Å². The molecule has 0 radical (unpaired) electrons. The van der Waals surface area contributed by atoms with Gasteiger partial charge < -0.3 is 20.1 Å². The molecule has 4 rings (SSSR count). The molecule has 0 atom stereocenters. The second kappa shape index (κ2) is 7.67. The molecule has 2 amide bonds. The maximum atomic E-state index is 13.6. The number of nitrogen functional groups attached to an aromatic ring is 1. The standard InChI is InChI=1S/C23H25N5O4/c1-23(2,3)32-22(31)28-11-9-16-18(20(28)30)17(13-6-5-7-14(29)12-13)19(27(16)4)15-8-10-25-21(24)26-15/h5-8,10,12,29H,9,11H2,1-4H3,(H2,24,25,26). The lowest BCUT2D eigenvalue weighted by atomic mass is 9.95. The number of phenols is 1. The molecule has 0 fully saturated rings. The van der Waals surface area contributed by atoms with Crippen LogP contribution in [0, 0.1) is 0 Å². The number of phenolic OH excluding ortho intramolecular Hbond substituents is 1. The average molecular weight is 435 g/mol. The lowest BCUT2D eigenvalue weighted by Gasteiger charge is -2.29. The molecule has 1 aliphatic heterocycles. The number of carbonyl (C=O) groups excluding carboxylic acids is 2. The average Bonchev–Trinajstić information content (AvgIpc) is 3.00. The molecular formula is C23H25N5O4. The van der Waals surface area contributed by atoms with Gasteiger partial charge in [-0.1, -0.05) is 12.1 Å². The summed E-state index contributed by atoms with van der Waals surface area (Å²) in [7, 11) is 1.84. The van der Waals surface area contributed by atoms with Crippen molar-refractivity contribution in [1.82, 2.24) is 19.4 Å². The molecule has 9 nitrogen and oxygen atoms in total. The van der Waals surface area contributed by atoms with E-state index in [0.717, 1.165) is 10.6 Å². The Bertz CT molecular complexity index is 1230. The first-order valence-corrected chi connectivity index (χ1v) is 10.2. The van der Waals surface area contributed by atoms with Crippen LogP contribution >= 0.6 is 0 Å². The van der Waals surface area contributed by atoms with Crippen molar-refractivity contribution in [1.29, 1.82) is 0 Å². The summed E-state index contributed by atoms with van der Waals surface area (Å²) < 4.78 is 7.34. The minimum Gasteiger partial charge on any atom is -0.508 e. The highest BCUT2D eigenvalue weighted by Crippen LogP contribution is 2.41. The van der Waals surface area contributed by atoms with Crippen LogP contribution in [0.3, 0.4) is 0 Å². The zero-order valence-electron chi connectivity index (χ0n) is 18.4. The maximum absolute atomic E-state index is 13.6. The second-order valence-electron chi connectivity index (χ2n) is 8.64.